The molecule has 27 heavy (non-hydrogen) atoms. The van der Waals surface area contributed by atoms with E-state index in [0.29, 0.717) is 11.3 Å². The highest BCUT2D eigenvalue weighted by Crippen LogP contribution is 2.15. The Morgan fingerprint density at radius 3 is 2.26 bits per heavy atom. The molecule has 1 aromatic carbocycles. The second-order valence-corrected chi connectivity index (χ2v) is 7.04. The fourth-order valence-corrected chi connectivity index (χ4v) is 2.02. The van der Waals surface area contributed by atoms with Crippen LogP contribution in [0.15, 0.2) is 24.3 Å². The van der Waals surface area contributed by atoms with E-state index in [4.69, 9.17) is 4.74 Å². The molecule has 0 aliphatic rings. The van der Waals surface area contributed by atoms with Gasteiger partial charge in [0.15, 0.2) is 0 Å². The second kappa shape index (κ2) is 10.3. The number of para-hydroxylation sites is 1. The van der Waals surface area contributed by atoms with E-state index >= 15 is 0 Å². The molecular weight excluding hydrogens is 350 g/mol. The van der Waals surface area contributed by atoms with Gasteiger partial charge in [-0.2, -0.15) is 0 Å². The van der Waals surface area contributed by atoms with Gasteiger partial charge in [-0.15, -0.1) is 0 Å². The summed E-state index contributed by atoms with van der Waals surface area (Å²) in [6.45, 7) is 6.58. The number of alkyl carbamates (subject to hydrolysis) is 1. The predicted octanol–water partition coefficient (Wildman–Crippen LogP) is 2.14. The molecule has 1 aromatic rings. The summed E-state index contributed by atoms with van der Waals surface area (Å²) in [5.74, 6) is -0.711. The molecule has 0 spiro atoms. The Labute approximate surface area is 159 Å². The Balaban J connectivity index is 2.50. The maximum absolute atomic E-state index is 11.9. The maximum Gasteiger partial charge on any atom is 0.408 e. The SMILES string of the molecule is CC(=O)CCC(=O)Nc1ccccc1CNC(=O)CNC(=O)OC(C)(C)C. The molecule has 1 rings (SSSR count). The summed E-state index contributed by atoms with van der Waals surface area (Å²) >= 11 is 0. The zero-order valence-corrected chi connectivity index (χ0v) is 16.2. The van der Waals surface area contributed by atoms with Crippen LogP contribution in [0.4, 0.5) is 10.5 Å². The van der Waals surface area contributed by atoms with Crippen LogP contribution in [0.3, 0.4) is 0 Å². The van der Waals surface area contributed by atoms with E-state index in [1.54, 1.807) is 45.0 Å². The van der Waals surface area contributed by atoms with E-state index in [1.165, 1.54) is 6.92 Å². The smallest absolute Gasteiger partial charge is 0.408 e. The topological polar surface area (TPSA) is 114 Å². The first-order chi connectivity index (χ1) is 12.6. The van der Waals surface area contributed by atoms with E-state index in [2.05, 4.69) is 16.0 Å². The summed E-state index contributed by atoms with van der Waals surface area (Å²) in [5, 5.41) is 7.77. The molecule has 8 nitrogen and oxygen atoms in total. The minimum atomic E-state index is -0.671. The molecule has 8 heteroatoms. The van der Waals surface area contributed by atoms with Crippen molar-refractivity contribution in [2.45, 2.75) is 52.7 Å². The average molecular weight is 377 g/mol. The van der Waals surface area contributed by atoms with Gasteiger partial charge in [-0.25, -0.2) is 4.79 Å². The molecule has 3 amide bonds. The van der Waals surface area contributed by atoms with Crippen LogP contribution in [0.2, 0.25) is 0 Å². The number of ketones is 1. The number of benzene rings is 1. The molecule has 0 aliphatic carbocycles. The molecule has 0 saturated carbocycles. The van der Waals surface area contributed by atoms with Crippen LogP contribution < -0.4 is 16.0 Å². The Bertz CT molecular complexity index is 695. The number of nitrogens with one attached hydrogen (secondary N) is 3. The highest BCUT2D eigenvalue weighted by Gasteiger charge is 2.16. The number of anilines is 1. The summed E-state index contributed by atoms with van der Waals surface area (Å²) in [6, 6.07) is 7.02. The third-order valence-electron chi connectivity index (χ3n) is 3.26. The summed E-state index contributed by atoms with van der Waals surface area (Å²) in [5.41, 5.74) is 0.630. The molecule has 0 saturated heterocycles. The van der Waals surface area contributed by atoms with Crippen LogP contribution in [0, 0.1) is 0 Å². The van der Waals surface area contributed by atoms with Gasteiger partial charge in [0.05, 0.1) is 0 Å². The van der Waals surface area contributed by atoms with E-state index in [-0.39, 0.29) is 37.6 Å². The highest BCUT2D eigenvalue weighted by atomic mass is 16.6. The van der Waals surface area contributed by atoms with Crippen molar-refractivity contribution < 1.29 is 23.9 Å². The number of hydrogen-bond donors (Lipinski definition) is 3. The van der Waals surface area contributed by atoms with Crippen LogP contribution >= 0.6 is 0 Å². The fourth-order valence-electron chi connectivity index (χ4n) is 2.02. The van der Waals surface area contributed by atoms with E-state index in [0.717, 1.165) is 0 Å². The molecule has 0 aliphatic heterocycles. The van der Waals surface area contributed by atoms with Crippen molar-refractivity contribution in [2.24, 2.45) is 0 Å². The lowest BCUT2D eigenvalue weighted by Crippen LogP contribution is -2.39. The Hall–Kier alpha value is -2.90. The van der Waals surface area contributed by atoms with Gasteiger partial charge in [-0.3, -0.25) is 9.59 Å². The Morgan fingerprint density at radius 2 is 1.63 bits per heavy atom. The molecule has 0 fully saturated rings. The lowest BCUT2D eigenvalue weighted by atomic mass is 10.1. The van der Waals surface area contributed by atoms with Gasteiger partial charge < -0.3 is 25.5 Å². The third kappa shape index (κ3) is 9.98. The van der Waals surface area contributed by atoms with Crippen LogP contribution in [0.25, 0.3) is 0 Å². The third-order valence-corrected chi connectivity index (χ3v) is 3.26. The van der Waals surface area contributed by atoms with E-state index in [1.807, 2.05) is 0 Å². The first-order valence-electron chi connectivity index (χ1n) is 8.67. The van der Waals surface area contributed by atoms with Crippen LogP contribution in [-0.4, -0.2) is 35.8 Å². The zero-order valence-electron chi connectivity index (χ0n) is 16.2. The molecule has 3 N–H and O–H groups in total. The minimum absolute atomic E-state index is 0.0526. The fraction of sp³-hybridized carbons (Fsp3) is 0.474. The zero-order chi connectivity index (χ0) is 20.4. The summed E-state index contributed by atoms with van der Waals surface area (Å²) in [7, 11) is 0. The number of Topliss-reactive ketones (excluding diaryl/α,β-unsaturated/α-hetero) is 1. The molecule has 0 heterocycles. The number of hydrogen-bond acceptors (Lipinski definition) is 5. The van der Waals surface area contributed by atoms with Crippen molar-refractivity contribution in [2.75, 3.05) is 11.9 Å². The maximum atomic E-state index is 11.9. The summed E-state index contributed by atoms with van der Waals surface area (Å²) < 4.78 is 5.05. The van der Waals surface area contributed by atoms with Gasteiger partial charge in [-0.05, 0) is 39.3 Å². The van der Waals surface area contributed by atoms with Crippen molar-refractivity contribution in [3.63, 3.8) is 0 Å². The number of amides is 3. The van der Waals surface area contributed by atoms with Crippen LogP contribution in [-0.2, 0) is 25.7 Å². The molecule has 0 unspecified atom stereocenters. The van der Waals surface area contributed by atoms with Gasteiger partial charge in [0, 0.05) is 25.1 Å². The number of rotatable bonds is 8. The average Bonchev–Trinajstić information content (AvgIpc) is 2.56. The Kier molecular flexibility index (Phi) is 8.44. The van der Waals surface area contributed by atoms with Crippen LogP contribution in [0.5, 0.6) is 0 Å². The van der Waals surface area contributed by atoms with Gasteiger partial charge in [0.2, 0.25) is 11.8 Å². The number of carbonyl (C=O) groups is 4. The summed E-state index contributed by atoms with van der Waals surface area (Å²) in [4.78, 5) is 46.3. The van der Waals surface area contributed by atoms with Crippen molar-refractivity contribution in [1.29, 1.82) is 0 Å². The quantitative estimate of drug-likeness (QED) is 0.642. The minimum Gasteiger partial charge on any atom is -0.444 e. The largest absolute Gasteiger partial charge is 0.444 e. The predicted molar refractivity (Wildman–Crippen MR) is 101 cm³/mol. The van der Waals surface area contributed by atoms with Gasteiger partial charge in [0.25, 0.3) is 0 Å². The highest BCUT2D eigenvalue weighted by molar-refractivity contribution is 5.93. The van der Waals surface area contributed by atoms with E-state index in [9.17, 15) is 19.2 Å². The summed E-state index contributed by atoms with van der Waals surface area (Å²) in [6.07, 6.45) is -0.382. The molecule has 0 aromatic heterocycles. The van der Waals surface area contributed by atoms with Crippen molar-refractivity contribution in [1.82, 2.24) is 10.6 Å². The lowest BCUT2D eigenvalue weighted by molar-refractivity contribution is -0.121. The second-order valence-electron chi connectivity index (χ2n) is 7.04. The van der Waals surface area contributed by atoms with Gasteiger partial charge in [-0.1, -0.05) is 18.2 Å². The monoisotopic (exact) mass is 377 g/mol. The Morgan fingerprint density at radius 1 is 0.963 bits per heavy atom. The van der Waals surface area contributed by atoms with E-state index < -0.39 is 17.6 Å². The van der Waals surface area contributed by atoms with Gasteiger partial charge >= 0.3 is 6.09 Å². The lowest BCUT2D eigenvalue weighted by Gasteiger charge is -2.19. The standard InChI is InChI=1S/C19H27N3O5/c1-13(23)9-10-16(24)22-15-8-6-5-7-14(15)11-20-17(25)12-21-18(26)27-19(2,3)4/h5-8H,9-12H2,1-4H3,(H,20,25)(H,21,26)(H,22,24). The molecule has 0 radical (unpaired) electrons. The first kappa shape index (κ1) is 22.1. The molecule has 0 atom stereocenters. The number of carbonyl (C=O) groups excluding carboxylic acids is 4. The molecular formula is C19H27N3O5. The molecule has 148 valence electrons. The normalized spacial score (nSPS) is 10.7. The molecule has 0 bridgehead atoms. The van der Waals surface area contributed by atoms with Crippen LogP contribution in [0.1, 0.15) is 46.1 Å². The van der Waals surface area contributed by atoms with Crippen molar-refractivity contribution in [3.05, 3.63) is 29.8 Å². The van der Waals surface area contributed by atoms with Crippen molar-refractivity contribution >= 4 is 29.4 Å². The number of ether oxygens (including phenoxy) is 1. The first-order valence-corrected chi connectivity index (χ1v) is 8.67. The van der Waals surface area contributed by atoms with Crippen molar-refractivity contribution in [3.8, 4) is 0 Å². The van der Waals surface area contributed by atoms with Gasteiger partial charge in [0.1, 0.15) is 17.9 Å².